The zero-order valence-electron chi connectivity index (χ0n) is 10.4. The number of fused-ring (bicyclic) bond motifs is 6. The minimum Gasteiger partial charge on any atom is -0.316 e. The van der Waals surface area contributed by atoms with Crippen LogP contribution in [0.15, 0.2) is 24.3 Å². The molecule has 0 aromatic carbocycles. The summed E-state index contributed by atoms with van der Waals surface area (Å²) in [5.74, 6) is 1.43. The van der Waals surface area contributed by atoms with E-state index in [9.17, 15) is 0 Å². The Morgan fingerprint density at radius 2 is 1.89 bits per heavy atom. The highest BCUT2D eigenvalue weighted by atomic mass is 35.5. The van der Waals surface area contributed by atoms with Crippen molar-refractivity contribution in [2.24, 2.45) is 0 Å². The number of aryl methyl sites for hydroxylation is 1. The fourth-order valence-corrected chi connectivity index (χ4v) is 3.48. The summed E-state index contributed by atoms with van der Waals surface area (Å²) in [6, 6.07) is 9.08. The maximum absolute atomic E-state index is 4.62. The second-order valence-corrected chi connectivity index (χ2v) is 5.41. The van der Waals surface area contributed by atoms with Gasteiger partial charge in [-0.25, -0.2) is 0 Å². The van der Waals surface area contributed by atoms with Gasteiger partial charge >= 0.3 is 0 Å². The summed E-state index contributed by atoms with van der Waals surface area (Å²) in [5, 5.41) is 3.54. The SMILES string of the molecule is Cc1cc2ccc3c(cc-2n1)C1CNCC3C1.Cl. The van der Waals surface area contributed by atoms with Crippen molar-refractivity contribution in [2.75, 3.05) is 13.1 Å². The molecule has 1 N–H and O–H groups in total. The zero-order chi connectivity index (χ0) is 11.4. The van der Waals surface area contributed by atoms with Gasteiger partial charge in [-0.1, -0.05) is 12.1 Å². The topological polar surface area (TPSA) is 24.9 Å². The highest BCUT2D eigenvalue weighted by Crippen LogP contribution is 2.44. The smallest absolute Gasteiger partial charge is 0.0708 e. The summed E-state index contributed by atoms with van der Waals surface area (Å²) >= 11 is 0. The monoisotopic (exact) mass is 260 g/mol. The molecule has 0 radical (unpaired) electrons. The number of nitrogens with zero attached hydrogens (tertiary/aromatic N) is 1. The highest BCUT2D eigenvalue weighted by Gasteiger charge is 2.33. The van der Waals surface area contributed by atoms with Gasteiger partial charge in [0.1, 0.15) is 0 Å². The first-order valence-electron chi connectivity index (χ1n) is 6.43. The molecule has 2 aliphatic heterocycles. The first kappa shape index (κ1) is 11.9. The largest absolute Gasteiger partial charge is 0.316 e. The molecule has 2 aliphatic carbocycles. The molecule has 4 aliphatic rings. The molecule has 94 valence electrons. The van der Waals surface area contributed by atoms with Crippen LogP contribution in [0.4, 0.5) is 0 Å². The Hall–Kier alpha value is -1.12. The van der Waals surface area contributed by atoms with Crippen molar-refractivity contribution in [1.29, 1.82) is 0 Å². The lowest BCUT2D eigenvalue weighted by atomic mass is 9.97. The van der Waals surface area contributed by atoms with Crippen molar-refractivity contribution in [2.45, 2.75) is 25.2 Å². The van der Waals surface area contributed by atoms with Crippen LogP contribution >= 0.6 is 12.4 Å². The Kier molecular flexibility index (Phi) is 2.80. The van der Waals surface area contributed by atoms with Crippen molar-refractivity contribution >= 4 is 12.4 Å². The molecule has 0 amide bonds. The Morgan fingerprint density at radius 1 is 1.11 bits per heavy atom. The van der Waals surface area contributed by atoms with Crippen LogP contribution < -0.4 is 5.32 Å². The predicted molar refractivity (Wildman–Crippen MR) is 75.8 cm³/mol. The Balaban J connectivity index is 0.000001000. The van der Waals surface area contributed by atoms with Crippen molar-refractivity contribution in [3.63, 3.8) is 0 Å². The minimum atomic E-state index is 0. The fraction of sp³-hybridized carbons (Fsp3) is 0.400. The summed E-state index contributed by atoms with van der Waals surface area (Å²) in [4.78, 5) is 4.62. The quantitative estimate of drug-likeness (QED) is 0.787. The molecule has 0 aromatic heterocycles. The van der Waals surface area contributed by atoms with Crippen LogP contribution in [-0.4, -0.2) is 18.1 Å². The Bertz CT molecular complexity index is 567. The van der Waals surface area contributed by atoms with Crippen LogP contribution in [0.25, 0.3) is 11.3 Å². The second kappa shape index (κ2) is 4.22. The summed E-state index contributed by atoms with van der Waals surface area (Å²) in [7, 11) is 0. The van der Waals surface area contributed by atoms with E-state index in [-0.39, 0.29) is 12.4 Å². The van der Waals surface area contributed by atoms with Crippen LogP contribution in [0.1, 0.15) is 35.1 Å². The molecule has 1 fully saturated rings. The third kappa shape index (κ3) is 1.63. The van der Waals surface area contributed by atoms with E-state index in [0.717, 1.165) is 30.4 Å². The molecule has 2 unspecified atom stereocenters. The van der Waals surface area contributed by atoms with E-state index in [2.05, 4.69) is 41.5 Å². The number of halogens is 1. The first-order valence-corrected chi connectivity index (χ1v) is 6.43. The standard InChI is InChI=1S/C15H16N2.ClH/c1-9-4-10-2-3-13-11-5-12(8-16-7-11)14(13)6-15(10)17-9;/h2-4,6,11-12,16H,5,7-8H2,1H3;1H. The van der Waals surface area contributed by atoms with E-state index in [4.69, 9.17) is 0 Å². The number of hydrogen-bond donors (Lipinski definition) is 1. The third-order valence-electron chi connectivity index (χ3n) is 4.26. The van der Waals surface area contributed by atoms with Crippen LogP contribution in [0.5, 0.6) is 0 Å². The number of nitrogens with one attached hydrogen (secondary N) is 1. The van der Waals surface area contributed by atoms with Crippen LogP contribution in [0, 0.1) is 6.92 Å². The molecule has 2 nitrogen and oxygen atoms in total. The van der Waals surface area contributed by atoms with Gasteiger partial charge in [-0.05, 0) is 48.4 Å². The second-order valence-electron chi connectivity index (χ2n) is 5.41. The molecular formula is C15H17ClN2. The lowest BCUT2D eigenvalue weighted by Crippen LogP contribution is -2.28. The molecule has 3 heteroatoms. The van der Waals surface area contributed by atoms with E-state index in [1.165, 1.54) is 17.5 Å². The van der Waals surface area contributed by atoms with Gasteiger partial charge in [-0.2, -0.15) is 0 Å². The van der Waals surface area contributed by atoms with Crippen LogP contribution in [-0.2, 0) is 0 Å². The normalized spacial score (nSPS) is 24.7. The van der Waals surface area contributed by atoms with E-state index in [0.29, 0.717) is 5.92 Å². The predicted octanol–water partition coefficient (Wildman–Crippen LogP) is 3.09. The van der Waals surface area contributed by atoms with E-state index >= 15 is 0 Å². The van der Waals surface area contributed by atoms with Gasteiger partial charge in [0.2, 0.25) is 0 Å². The van der Waals surface area contributed by atoms with Crippen molar-refractivity contribution in [3.8, 4) is 11.3 Å². The molecule has 18 heavy (non-hydrogen) atoms. The number of aromatic nitrogens is 1. The fourth-order valence-electron chi connectivity index (χ4n) is 3.48. The maximum atomic E-state index is 4.62. The summed E-state index contributed by atoms with van der Waals surface area (Å²) in [6.45, 7) is 4.35. The molecule has 2 atom stereocenters. The molecule has 0 aromatic rings. The van der Waals surface area contributed by atoms with Gasteiger partial charge in [0.15, 0.2) is 0 Å². The van der Waals surface area contributed by atoms with Gasteiger partial charge < -0.3 is 5.32 Å². The maximum Gasteiger partial charge on any atom is 0.0708 e. The molecule has 0 spiro atoms. The first-order chi connectivity index (χ1) is 8.31. The van der Waals surface area contributed by atoms with E-state index in [1.807, 2.05) is 0 Å². The van der Waals surface area contributed by atoms with Crippen LogP contribution in [0.2, 0.25) is 0 Å². The highest BCUT2D eigenvalue weighted by molar-refractivity contribution is 5.85. The summed E-state index contributed by atoms with van der Waals surface area (Å²) in [6.07, 6.45) is 1.33. The van der Waals surface area contributed by atoms with Crippen molar-refractivity contribution in [3.05, 3.63) is 41.1 Å². The van der Waals surface area contributed by atoms with Crippen molar-refractivity contribution < 1.29 is 0 Å². The molecule has 0 saturated carbocycles. The van der Waals surface area contributed by atoms with Gasteiger partial charge in [0.25, 0.3) is 0 Å². The van der Waals surface area contributed by atoms with E-state index in [1.54, 1.807) is 5.56 Å². The molecule has 2 heterocycles. The van der Waals surface area contributed by atoms with Gasteiger partial charge in [0.05, 0.1) is 5.69 Å². The summed E-state index contributed by atoms with van der Waals surface area (Å²) in [5.41, 5.74) is 6.65. The number of piperidine rings is 1. The average molecular weight is 261 g/mol. The Labute approximate surface area is 114 Å². The lowest BCUT2D eigenvalue weighted by molar-refractivity contribution is 0.453. The van der Waals surface area contributed by atoms with Gasteiger partial charge in [-0.3, -0.25) is 4.98 Å². The number of rotatable bonds is 0. The minimum absolute atomic E-state index is 0. The molecule has 1 saturated heterocycles. The summed E-state index contributed by atoms with van der Waals surface area (Å²) < 4.78 is 0. The zero-order valence-corrected chi connectivity index (χ0v) is 11.3. The third-order valence-corrected chi connectivity index (χ3v) is 4.26. The average Bonchev–Trinajstić information content (AvgIpc) is 2.71. The van der Waals surface area contributed by atoms with E-state index < -0.39 is 0 Å². The lowest BCUT2D eigenvalue weighted by Gasteiger charge is -2.20. The molecular weight excluding hydrogens is 244 g/mol. The van der Waals surface area contributed by atoms with Gasteiger partial charge in [-0.15, -0.1) is 12.4 Å². The van der Waals surface area contributed by atoms with Crippen molar-refractivity contribution in [1.82, 2.24) is 10.3 Å². The number of hydrogen-bond acceptors (Lipinski definition) is 2. The molecule has 2 bridgehead atoms. The molecule has 4 rings (SSSR count). The Morgan fingerprint density at radius 3 is 2.72 bits per heavy atom. The van der Waals surface area contributed by atoms with Gasteiger partial charge in [0, 0.05) is 24.3 Å². The van der Waals surface area contributed by atoms with Crippen LogP contribution in [0.3, 0.4) is 0 Å².